The fourth-order valence-electron chi connectivity index (χ4n) is 3.18. The minimum absolute atomic E-state index is 0.00111. The summed E-state index contributed by atoms with van der Waals surface area (Å²) >= 11 is 0. The Kier molecular flexibility index (Phi) is 4.24. The Morgan fingerprint density at radius 1 is 1.09 bits per heavy atom. The number of carbonyl (C=O) groups excluding carboxylic acids is 1. The monoisotopic (exact) mass is 311 g/mol. The molecule has 1 amide bonds. The second-order valence-electron chi connectivity index (χ2n) is 5.71. The van der Waals surface area contributed by atoms with Crippen molar-refractivity contribution < 1.29 is 14.3 Å². The minimum Gasteiger partial charge on any atom is -0.493 e. The summed E-state index contributed by atoms with van der Waals surface area (Å²) in [6.07, 6.45) is 2.00. The first-order chi connectivity index (χ1) is 11.2. The highest BCUT2D eigenvalue weighted by atomic mass is 16.5. The Bertz CT molecular complexity index is 739. The van der Waals surface area contributed by atoms with E-state index in [2.05, 4.69) is 25.1 Å². The van der Waals surface area contributed by atoms with Gasteiger partial charge in [0, 0.05) is 12.1 Å². The minimum atomic E-state index is 0.00111. The van der Waals surface area contributed by atoms with Crippen LogP contribution in [0.5, 0.6) is 11.5 Å². The topological polar surface area (TPSA) is 38.8 Å². The van der Waals surface area contributed by atoms with Gasteiger partial charge in [0.1, 0.15) is 0 Å². The molecule has 0 fully saturated rings. The van der Waals surface area contributed by atoms with Crippen molar-refractivity contribution in [3.63, 3.8) is 0 Å². The lowest BCUT2D eigenvalue weighted by Gasteiger charge is -2.31. The number of rotatable bonds is 3. The average Bonchev–Trinajstić information content (AvgIpc) is 2.60. The fourth-order valence-corrected chi connectivity index (χ4v) is 3.18. The lowest BCUT2D eigenvalue weighted by molar-refractivity contribution is 0.0984. The number of amides is 1. The zero-order chi connectivity index (χ0) is 16.4. The predicted molar refractivity (Wildman–Crippen MR) is 90.7 cm³/mol. The summed E-state index contributed by atoms with van der Waals surface area (Å²) in [5.41, 5.74) is 4.04. The van der Waals surface area contributed by atoms with Crippen molar-refractivity contribution in [3.05, 3.63) is 53.1 Å². The van der Waals surface area contributed by atoms with Crippen LogP contribution in [0.25, 0.3) is 0 Å². The molecule has 4 heteroatoms. The molecule has 1 aliphatic rings. The van der Waals surface area contributed by atoms with Gasteiger partial charge in [0.25, 0.3) is 5.91 Å². The first-order valence-corrected chi connectivity index (χ1v) is 7.78. The van der Waals surface area contributed by atoms with E-state index in [1.165, 1.54) is 5.56 Å². The quantitative estimate of drug-likeness (QED) is 0.869. The third-order valence-corrected chi connectivity index (χ3v) is 4.29. The number of carbonyl (C=O) groups is 1. The van der Waals surface area contributed by atoms with Gasteiger partial charge in [-0.05, 0) is 49.1 Å². The van der Waals surface area contributed by atoms with Crippen molar-refractivity contribution >= 4 is 11.6 Å². The molecule has 23 heavy (non-hydrogen) atoms. The van der Waals surface area contributed by atoms with E-state index >= 15 is 0 Å². The van der Waals surface area contributed by atoms with Crippen LogP contribution in [0.3, 0.4) is 0 Å². The number of fused-ring (bicyclic) bond motifs is 1. The lowest BCUT2D eigenvalue weighted by atomic mass is 9.97. The number of hydrogen-bond acceptors (Lipinski definition) is 3. The number of nitrogens with zero attached hydrogens (tertiary/aromatic N) is 1. The molecule has 0 saturated carbocycles. The molecule has 0 saturated heterocycles. The first-order valence-electron chi connectivity index (χ1n) is 7.78. The van der Waals surface area contributed by atoms with Crippen molar-refractivity contribution in [3.8, 4) is 11.5 Å². The number of hydrogen-bond donors (Lipinski definition) is 0. The molecule has 0 N–H and O–H groups in total. The molecule has 0 aromatic heterocycles. The molecular formula is C19H21NO3. The summed E-state index contributed by atoms with van der Waals surface area (Å²) < 4.78 is 10.6. The maximum absolute atomic E-state index is 13.0. The van der Waals surface area contributed by atoms with E-state index in [1.54, 1.807) is 32.4 Å². The fraction of sp³-hybridized carbons (Fsp3) is 0.316. The van der Waals surface area contributed by atoms with E-state index in [1.807, 2.05) is 4.90 Å². The number of methoxy groups -OCH3 is 2. The van der Waals surface area contributed by atoms with Gasteiger partial charge in [-0.3, -0.25) is 4.79 Å². The van der Waals surface area contributed by atoms with Crippen LogP contribution in [-0.4, -0.2) is 26.7 Å². The van der Waals surface area contributed by atoms with Crippen LogP contribution < -0.4 is 14.4 Å². The standard InChI is InChI=1S/C19H21NO3/c1-13-6-4-7-14-8-5-11-20(18(13)14)19(21)15-9-10-16(22-2)17(12-15)23-3/h4,6-7,9-10,12H,5,8,11H2,1-3H3. The molecule has 0 unspecified atom stereocenters. The first kappa shape index (κ1) is 15.4. The van der Waals surface area contributed by atoms with E-state index in [0.29, 0.717) is 17.1 Å². The van der Waals surface area contributed by atoms with Gasteiger partial charge >= 0.3 is 0 Å². The number of ether oxygens (including phenoxy) is 2. The highest BCUT2D eigenvalue weighted by molar-refractivity contribution is 6.07. The predicted octanol–water partition coefficient (Wildman–Crippen LogP) is 3.61. The van der Waals surface area contributed by atoms with Crippen LogP contribution in [0.2, 0.25) is 0 Å². The zero-order valence-corrected chi connectivity index (χ0v) is 13.8. The average molecular weight is 311 g/mol. The van der Waals surface area contributed by atoms with E-state index in [9.17, 15) is 4.79 Å². The van der Waals surface area contributed by atoms with Crippen LogP contribution in [0, 0.1) is 6.92 Å². The van der Waals surface area contributed by atoms with E-state index in [-0.39, 0.29) is 5.91 Å². The van der Waals surface area contributed by atoms with Crippen LogP contribution in [0.4, 0.5) is 5.69 Å². The van der Waals surface area contributed by atoms with Crippen molar-refractivity contribution in [1.29, 1.82) is 0 Å². The number of para-hydroxylation sites is 1. The smallest absolute Gasteiger partial charge is 0.258 e. The van der Waals surface area contributed by atoms with Crippen LogP contribution in [0.15, 0.2) is 36.4 Å². The van der Waals surface area contributed by atoms with Crippen molar-refractivity contribution in [2.45, 2.75) is 19.8 Å². The van der Waals surface area contributed by atoms with Crippen LogP contribution in [0.1, 0.15) is 27.9 Å². The summed E-state index contributed by atoms with van der Waals surface area (Å²) in [5, 5.41) is 0. The lowest BCUT2D eigenvalue weighted by Crippen LogP contribution is -2.36. The largest absolute Gasteiger partial charge is 0.493 e. The van der Waals surface area contributed by atoms with Gasteiger partial charge in [-0.2, -0.15) is 0 Å². The van der Waals surface area contributed by atoms with Gasteiger partial charge in [-0.1, -0.05) is 18.2 Å². The summed E-state index contributed by atoms with van der Waals surface area (Å²) in [7, 11) is 3.16. The van der Waals surface area contributed by atoms with Gasteiger partial charge < -0.3 is 14.4 Å². The van der Waals surface area contributed by atoms with Gasteiger partial charge in [0.2, 0.25) is 0 Å². The molecule has 2 aromatic carbocycles. The number of aryl methyl sites for hydroxylation is 2. The molecule has 2 aromatic rings. The van der Waals surface area contributed by atoms with Gasteiger partial charge in [-0.15, -0.1) is 0 Å². The van der Waals surface area contributed by atoms with Crippen molar-refractivity contribution in [2.75, 3.05) is 25.7 Å². The molecule has 0 bridgehead atoms. The van der Waals surface area contributed by atoms with Gasteiger partial charge in [0.05, 0.1) is 19.9 Å². The highest BCUT2D eigenvalue weighted by Gasteiger charge is 2.25. The molecule has 0 aliphatic carbocycles. The van der Waals surface area contributed by atoms with E-state index in [0.717, 1.165) is 30.6 Å². The van der Waals surface area contributed by atoms with Gasteiger partial charge in [0.15, 0.2) is 11.5 Å². The summed E-state index contributed by atoms with van der Waals surface area (Å²) in [6.45, 7) is 2.80. The second kappa shape index (κ2) is 6.32. The molecule has 0 spiro atoms. The maximum atomic E-state index is 13.0. The molecule has 3 rings (SSSR count). The Hall–Kier alpha value is -2.49. The molecule has 1 aliphatic heterocycles. The van der Waals surface area contributed by atoms with E-state index in [4.69, 9.17) is 9.47 Å². The number of anilines is 1. The summed E-state index contributed by atoms with van der Waals surface area (Å²) in [6, 6.07) is 11.5. The highest BCUT2D eigenvalue weighted by Crippen LogP contribution is 2.33. The summed E-state index contributed by atoms with van der Waals surface area (Å²) in [5.74, 6) is 1.20. The molecule has 1 heterocycles. The molecule has 0 radical (unpaired) electrons. The van der Waals surface area contributed by atoms with Crippen LogP contribution >= 0.6 is 0 Å². The Morgan fingerprint density at radius 3 is 2.61 bits per heavy atom. The van der Waals surface area contributed by atoms with Gasteiger partial charge in [-0.25, -0.2) is 0 Å². The molecule has 0 atom stereocenters. The normalized spacial score (nSPS) is 13.4. The molecule has 4 nitrogen and oxygen atoms in total. The molecular weight excluding hydrogens is 290 g/mol. The Balaban J connectivity index is 1.99. The van der Waals surface area contributed by atoms with Crippen molar-refractivity contribution in [2.24, 2.45) is 0 Å². The summed E-state index contributed by atoms with van der Waals surface area (Å²) in [4.78, 5) is 14.9. The maximum Gasteiger partial charge on any atom is 0.258 e. The van der Waals surface area contributed by atoms with Crippen LogP contribution in [-0.2, 0) is 6.42 Å². The zero-order valence-electron chi connectivity index (χ0n) is 13.8. The number of benzene rings is 2. The Morgan fingerprint density at radius 2 is 1.87 bits per heavy atom. The third kappa shape index (κ3) is 2.77. The molecule has 120 valence electrons. The second-order valence-corrected chi connectivity index (χ2v) is 5.71. The van der Waals surface area contributed by atoms with Crippen molar-refractivity contribution in [1.82, 2.24) is 0 Å². The Labute approximate surface area is 136 Å². The third-order valence-electron chi connectivity index (χ3n) is 4.29. The van der Waals surface area contributed by atoms with E-state index < -0.39 is 0 Å². The SMILES string of the molecule is COc1ccc(C(=O)N2CCCc3cccc(C)c32)cc1OC.